The summed E-state index contributed by atoms with van der Waals surface area (Å²) in [6.45, 7) is 7.65. The molecule has 1 unspecified atom stereocenters. The van der Waals surface area contributed by atoms with Gasteiger partial charge in [-0.2, -0.15) is 8.78 Å². The predicted octanol–water partition coefficient (Wildman–Crippen LogP) is 4.32. The minimum absolute atomic E-state index is 0.0662. The van der Waals surface area contributed by atoms with Crippen LogP contribution in [0.15, 0.2) is 11.6 Å². The van der Waals surface area contributed by atoms with Crippen LogP contribution in [-0.2, 0) is 9.84 Å². The zero-order chi connectivity index (χ0) is 18.6. The molecule has 1 saturated carbocycles. The number of alkyl halides is 2. The SMILES string of the molecule is C[C@H](CC(F)(F)S(=O)(=O)C(C)(C)C)C1=CC[C@H]2C(O)CCC[C@]12C. The van der Waals surface area contributed by atoms with Crippen LogP contribution in [0.2, 0.25) is 0 Å². The molecule has 2 rings (SSSR count). The molecule has 0 saturated heterocycles. The first-order chi connectivity index (χ1) is 10.7. The van der Waals surface area contributed by atoms with E-state index < -0.39 is 38.3 Å². The maximum atomic E-state index is 14.6. The summed E-state index contributed by atoms with van der Waals surface area (Å²) in [6, 6.07) is 0. The Hall–Kier alpha value is -0.490. The number of aliphatic hydroxyl groups is 1. The standard InChI is InChI=1S/C18H30F2O3S/c1-12(11-18(19,20)24(22,23)16(2,3)4)13-8-9-14-15(21)7-6-10-17(13,14)5/h8,12,14-15,21H,6-7,9-11H2,1-5H3/t12-,14+,15?,17-/m1/s1. The molecule has 1 N–H and O–H groups in total. The lowest BCUT2D eigenvalue weighted by molar-refractivity contribution is 0.00423. The van der Waals surface area contributed by atoms with Gasteiger partial charge < -0.3 is 5.11 Å². The molecule has 3 nitrogen and oxygen atoms in total. The van der Waals surface area contributed by atoms with Gasteiger partial charge in [-0.15, -0.1) is 0 Å². The first kappa shape index (κ1) is 19.8. The minimum Gasteiger partial charge on any atom is -0.393 e. The van der Waals surface area contributed by atoms with E-state index in [0.29, 0.717) is 6.42 Å². The van der Waals surface area contributed by atoms with Gasteiger partial charge in [-0.1, -0.05) is 25.5 Å². The van der Waals surface area contributed by atoms with Gasteiger partial charge in [0.2, 0.25) is 9.84 Å². The molecule has 4 atom stereocenters. The number of allylic oxidation sites excluding steroid dienone is 2. The molecule has 6 heteroatoms. The van der Waals surface area contributed by atoms with E-state index in [0.717, 1.165) is 24.8 Å². The van der Waals surface area contributed by atoms with Crippen molar-refractivity contribution in [3.63, 3.8) is 0 Å². The topological polar surface area (TPSA) is 54.4 Å². The lowest BCUT2D eigenvalue weighted by atomic mass is 9.63. The maximum Gasteiger partial charge on any atom is 0.346 e. The zero-order valence-corrected chi connectivity index (χ0v) is 16.1. The number of fused-ring (bicyclic) bond motifs is 1. The summed E-state index contributed by atoms with van der Waals surface area (Å²) in [5.41, 5.74) is 0.605. The molecule has 0 heterocycles. The molecule has 24 heavy (non-hydrogen) atoms. The normalized spacial score (nSPS) is 33.1. The largest absolute Gasteiger partial charge is 0.393 e. The molecule has 1 fully saturated rings. The van der Waals surface area contributed by atoms with E-state index in [9.17, 15) is 22.3 Å². The molecular formula is C18H30F2O3S. The van der Waals surface area contributed by atoms with Crippen LogP contribution in [-0.4, -0.2) is 29.6 Å². The maximum absolute atomic E-state index is 14.6. The fourth-order valence-electron chi connectivity index (χ4n) is 4.54. The molecule has 0 radical (unpaired) electrons. The molecule has 2 aliphatic carbocycles. The summed E-state index contributed by atoms with van der Waals surface area (Å²) >= 11 is 0. The molecule has 0 aromatic heterocycles. The van der Waals surface area contributed by atoms with Crippen molar-refractivity contribution in [2.75, 3.05) is 0 Å². The van der Waals surface area contributed by atoms with Crippen molar-refractivity contribution in [3.05, 3.63) is 11.6 Å². The van der Waals surface area contributed by atoms with Crippen LogP contribution < -0.4 is 0 Å². The summed E-state index contributed by atoms with van der Waals surface area (Å²) in [7, 11) is -4.57. The van der Waals surface area contributed by atoms with E-state index in [1.807, 2.05) is 13.0 Å². The Balaban J connectivity index is 2.23. The van der Waals surface area contributed by atoms with Crippen molar-refractivity contribution in [2.45, 2.75) is 82.8 Å². The molecule has 2 aliphatic rings. The molecule has 0 aromatic carbocycles. The van der Waals surface area contributed by atoms with E-state index in [4.69, 9.17) is 0 Å². The fraction of sp³-hybridized carbons (Fsp3) is 0.889. The Labute approximate surface area is 144 Å². The van der Waals surface area contributed by atoms with Gasteiger partial charge in [0.1, 0.15) is 0 Å². The van der Waals surface area contributed by atoms with Gasteiger partial charge in [-0.05, 0) is 63.7 Å². The summed E-state index contributed by atoms with van der Waals surface area (Å²) < 4.78 is 52.1. The molecular weight excluding hydrogens is 334 g/mol. The average Bonchev–Trinajstić information content (AvgIpc) is 2.75. The van der Waals surface area contributed by atoms with Crippen molar-refractivity contribution in [2.24, 2.45) is 17.3 Å². The monoisotopic (exact) mass is 364 g/mol. The van der Waals surface area contributed by atoms with Crippen molar-refractivity contribution >= 4 is 9.84 Å². The van der Waals surface area contributed by atoms with Gasteiger partial charge in [0.05, 0.1) is 10.9 Å². The molecule has 140 valence electrons. The molecule has 0 spiro atoms. The summed E-state index contributed by atoms with van der Waals surface area (Å²) in [5.74, 6) is -0.464. The van der Waals surface area contributed by atoms with Crippen molar-refractivity contribution in [1.82, 2.24) is 0 Å². The van der Waals surface area contributed by atoms with Crippen molar-refractivity contribution in [1.29, 1.82) is 0 Å². The highest BCUT2D eigenvalue weighted by atomic mass is 32.2. The lowest BCUT2D eigenvalue weighted by Crippen LogP contribution is -2.44. The van der Waals surface area contributed by atoms with E-state index in [1.165, 1.54) is 20.8 Å². The van der Waals surface area contributed by atoms with Crippen LogP contribution >= 0.6 is 0 Å². The predicted molar refractivity (Wildman–Crippen MR) is 91.6 cm³/mol. The summed E-state index contributed by atoms with van der Waals surface area (Å²) in [4.78, 5) is 0. The molecule has 0 amide bonds. The van der Waals surface area contributed by atoms with E-state index in [-0.39, 0.29) is 11.3 Å². The van der Waals surface area contributed by atoms with Crippen LogP contribution in [0, 0.1) is 17.3 Å². The third kappa shape index (κ3) is 3.05. The quantitative estimate of drug-likeness (QED) is 0.756. The van der Waals surface area contributed by atoms with Gasteiger partial charge in [0.25, 0.3) is 0 Å². The number of hydrogen-bond donors (Lipinski definition) is 1. The Morgan fingerprint density at radius 3 is 2.50 bits per heavy atom. The summed E-state index contributed by atoms with van der Waals surface area (Å²) in [6.07, 6.45) is 4.04. The highest BCUT2D eigenvalue weighted by Crippen LogP contribution is 2.56. The third-order valence-corrected chi connectivity index (χ3v) is 8.57. The Kier molecular flexibility index (Phi) is 4.99. The van der Waals surface area contributed by atoms with Gasteiger partial charge in [-0.25, -0.2) is 8.42 Å². The van der Waals surface area contributed by atoms with Gasteiger partial charge in [-0.3, -0.25) is 0 Å². The number of aliphatic hydroxyl groups excluding tert-OH is 1. The number of hydrogen-bond acceptors (Lipinski definition) is 3. The Morgan fingerprint density at radius 2 is 1.96 bits per heavy atom. The fourth-order valence-corrected chi connectivity index (χ4v) is 5.91. The Bertz CT molecular complexity index is 619. The number of rotatable bonds is 4. The van der Waals surface area contributed by atoms with Crippen LogP contribution in [0.1, 0.15) is 66.7 Å². The lowest BCUT2D eigenvalue weighted by Gasteiger charge is -2.44. The Morgan fingerprint density at radius 1 is 1.38 bits per heavy atom. The number of sulfone groups is 1. The summed E-state index contributed by atoms with van der Waals surface area (Å²) in [5, 5.41) is 6.48. The molecule has 0 aliphatic heterocycles. The zero-order valence-electron chi connectivity index (χ0n) is 15.3. The van der Waals surface area contributed by atoms with Gasteiger partial charge in [0.15, 0.2) is 0 Å². The van der Waals surface area contributed by atoms with Crippen molar-refractivity contribution < 1.29 is 22.3 Å². The second kappa shape index (κ2) is 6.04. The van der Waals surface area contributed by atoms with E-state index in [2.05, 4.69) is 0 Å². The third-order valence-electron chi connectivity index (χ3n) is 6.00. The first-order valence-electron chi connectivity index (χ1n) is 8.74. The average molecular weight is 364 g/mol. The second-order valence-electron chi connectivity index (χ2n) is 8.74. The smallest absolute Gasteiger partial charge is 0.346 e. The van der Waals surface area contributed by atoms with Crippen LogP contribution in [0.4, 0.5) is 8.78 Å². The van der Waals surface area contributed by atoms with Gasteiger partial charge >= 0.3 is 5.25 Å². The highest BCUT2D eigenvalue weighted by molar-refractivity contribution is 7.93. The van der Waals surface area contributed by atoms with Crippen LogP contribution in [0.3, 0.4) is 0 Å². The van der Waals surface area contributed by atoms with Crippen LogP contribution in [0.25, 0.3) is 0 Å². The molecule has 0 bridgehead atoms. The van der Waals surface area contributed by atoms with Crippen LogP contribution in [0.5, 0.6) is 0 Å². The second-order valence-corrected chi connectivity index (χ2v) is 11.6. The van der Waals surface area contributed by atoms with Crippen molar-refractivity contribution in [3.8, 4) is 0 Å². The molecule has 0 aromatic rings. The van der Waals surface area contributed by atoms with E-state index in [1.54, 1.807) is 6.92 Å². The highest BCUT2D eigenvalue weighted by Gasteiger charge is 2.54. The first-order valence-corrected chi connectivity index (χ1v) is 10.2. The van der Waals surface area contributed by atoms with Gasteiger partial charge in [0, 0.05) is 6.42 Å². The minimum atomic E-state index is -4.57. The van der Waals surface area contributed by atoms with E-state index >= 15 is 0 Å². The number of halogens is 2.